The fourth-order valence-corrected chi connectivity index (χ4v) is 7.23. The summed E-state index contributed by atoms with van der Waals surface area (Å²) in [4.78, 5) is 59.9. The lowest BCUT2D eigenvalue weighted by Gasteiger charge is -2.36. The van der Waals surface area contributed by atoms with Gasteiger partial charge in [-0.2, -0.15) is 13.2 Å². The fraction of sp³-hybridized carbons (Fsp3) is 0.571. The van der Waals surface area contributed by atoms with Gasteiger partial charge in [0.15, 0.2) is 0 Å². The van der Waals surface area contributed by atoms with Crippen LogP contribution in [0.25, 0.3) is 10.9 Å². The Labute approximate surface area is 301 Å². The highest BCUT2D eigenvalue weighted by Gasteiger charge is 2.49. The normalized spacial score (nSPS) is 20.0. The Hall–Kier alpha value is -4.41. The van der Waals surface area contributed by atoms with Crippen LogP contribution in [0.1, 0.15) is 79.7 Å². The van der Waals surface area contributed by atoms with Crippen LogP contribution < -0.4 is 20.1 Å². The van der Waals surface area contributed by atoms with Crippen molar-refractivity contribution in [3.63, 3.8) is 0 Å². The molecular weight excluding hydrogens is 707 g/mol. The van der Waals surface area contributed by atoms with Crippen LogP contribution in [0.2, 0.25) is 0 Å². The number of para-hydroxylation sites is 1. The van der Waals surface area contributed by atoms with Gasteiger partial charge in [0.1, 0.15) is 35.1 Å². The molecule has 17 heteroatoms. The van der Waals surface area contributed by atoms with Crippen LogP contribution in [0.3, 0.4) is 0 Å². The molecule has 1 saturated heterocycles. The molecule has 4 amide bonds. The van der Waals surface area contributed by atoms with Gasteiger partial charge in [0.05, 0.1) is 22.9 Å². The largest absolute Gasteiger partial charge is 0.488 e. The van der Waals surface area contributed by atoms with E-state index in [-0.39, 0.29) is 36.0 Å². The molecule has 13 nitrogen and oxygen atoms in total. The summed E-state index contributed by atoms with van der Waals surface area (Å²) >= 11 is 0. The molecule has 4 atom stereocenters. The Morgan fingerprint density at radius 1 is 1.06 bits per heavy atom. The minimum Gasteiger partial charge on any atom is -0.488 e. The molecule has 3 N–H and O–H groups in total. The number of ether oxygens (including phenoxy) is 2. The van der Waals surface area contributed by atoms with Gasteiger partial charge in [-0.15, -0.1) is 6.58 Å². The smallest absolute Gasteiger partial charge is 0.418 e. The molecular formula is C35H46F3N5O8S. The Bertz CT molecular complexity index is 1840. The predicted octanol–water partition coefficient (Wildman–Crippen LogP) is 4.60. The van der Waals surface area contributed by atoms with E-state index in [2.05, 4.69) is 22.2 Å². The third-order valence-corrected chi connectivity index (χ3v) is 10.4. The van der Waals surface area contributed by atoms with Gasteiger partial charge >= 0.3 is 12.3 Å². The first-order chi connectivity index (χ1) is 23.9. The van der Waals surface area contributed by atoms with Gasteiger partial charge in [0.25, 0.3) is 5.91 Å². The number of sulfonamides is 1. The van der Waals surface area contributed by atoms with Crippen molar-refractivity contribution in [3.05, 3.63) is 48.7 Å². The molecule has 0 bridgehead atoms. The summed E-state index contributed by atoms with van der Waals surface area (Å²) < 4.78 is 80.2. The van der Waals surface area contributed by atoms with E-state index in [0.29, 0.717) is 12.8 Å². The Kier molecular flexibility index (Phi) is 11.3. The zero-order chi connectivity index (χ0) is 39.0. The highest BCUT2D eigenvalue weighted by atomic mass is 32.2. The van der Waals surface area contributed by atoms with Crippen molar-refractivity contribution in [1.82, 2.24) is 25.2 Å². The third-order valence-electron chi connectivity index (χ3n) is 8.60. The summed E-state index contributed by atoms with van der Waals surface area (Å²) in [5.74, 6) is -2.52. The molecule has 1 saturated carbocycles. The van der Waals surface area contributed by atoms with Crippen LogP contribution in [0, 0.1) is 5.41 Å². The first-order valence-electron chi connectivity index (χ1n) is 16.8. The molecule has 52 heavy (non-hydrogen) atoms. The molecule has 2 fully saturated rings. The number of likely N-dealkylation sites (tertiary alicyclic amines) is 1. The van der Waals surface area contributed by atoms with E-state index in [1.165, 1.54) is 36.1 Å². The molecule has 2 aliphatic rings. The van der Waals surface area contributed by atoms with Crippen LogP contribution in [0.15, 0.2) is 43.1 Å². The summed E-state index contributed by atoms with van der Waals surface area (Å²) in [5.41, 5.74) is -4.96. The van der Waals surface area contributed by atoms with Gasteiger partial charge in [-0.3, -0.25) is 24.1 Å². The number of alkyl halides is 3. The van der Waals surface area contributed by atoms with Gasteiger partial charge in [-0.05, 0) is 70.6 Å². The highest BCUT2D eigenvalue weighted by molar-refractivity contribution is 7.91. The average molecular weight is 754 g/mol. The summed E-state index contributed by atoms with van der Waals surface area (Å²) in [7, 11) is -3.99. The molecule has 1 aliphatic heterocycles. The van der Waals surface area contributed by atoms with Gasteiger partial charge in [-0.1, -0.05) is 32.9 Å². The Morgan fingerprint density at radius 2 is 1.71 bits per heavy atom. The maximum Gasteiger partial charge on any atom is 0.418 e. The maximum absolute atomic E-state index is 14.4. The lowest BCUT2D eigenvalue weighted by molar-refractivity contribution is -0.143. The summed E-state index contributed by atoms with van der Waals surface area (Å²) in [6.07, 6.45) is -3.63. The molecule has 1 aromatic heterocycles. The molecule has 4 rings (SSSR count). The second kappa shape index (κ2) is 14.5. The fourth-order valence-electron chi connectivity index (χ4n) is 5.82. The van der Waals surface area contributed by atoms with Crippen LogP contribution in [-0.4, -0.2) is 83.2 Å². The predicted molar refractivity (Wildman–Crippen MR) is 185 cm³/mol. The van der Waals surface area contributed by atoms with Crippen molar-refractivity contribution in [3.8, 4) is 5.75 Å². The number of pyridine rings is 1. The van der Waals surface area contributed by atoms with Crippen LogP contribution in [0.4, 0.5) is 18.0 Å². The van der Waals surface area contributed by atoms with E-state index in [0.717, 1.165) is 12.3 Å². The monoisotopic (exact) mass is 753 g/mol. The first-order valence-corrected chi connectivity index (χ1v) is 18.3. The van der Waals surface area contributed by atoms with Crippen LogP contribution in [-0.2, 0) is 35.3 Å². The maximum atomic E-state index is 14.4. The zero-order valence-corrected chi connectivity index (χ0v) is 31.0. The number of nitrogens with one attached hydrogen (secondary N) is 3. The second-order valence-corrected chi connectivity index (χ2v) is 17.4. The van der Waals surface area contributed by atoms with Crippen molar-refractivity contribution in [2.24, 2.45) is 5.41 Å². The number of hydrogen-bond acceptors (Lipinski definition) is 9. The molecule has 0 radical (unpaired) electrons. The topological polar surface area (TPSA) is 173 Å². The molecule has 1 aliphatic carbocycles. The molecule has 0 unspecified atom stereocenters. The number of aromatic nitrogens is 1. The van der Waals surface area contributed by atoms with E-state index < -0.39 is 85.6 Å². The standard InChI is InChI=1S/C35H46F3N5O8S/c1-9-16-34(8,30(46)42-52(48,49)21-13-14-21)41-28(44)24-18-20(50-25-15-17-39-26-22(25)11-10-12-23(26)35(36,37)38)19-43(24)29(45)27(32(2,3)4)40-31(47)51-33(5,6)7/h9-12,15,17,20-21,24,27H,1,13-14,16,18-19H2,2-8H3,(H,40,47)(H,41,44)(H,42,46)/t20-,24+,27-,34-/m1/s1. The van der Waals surface area contributed by atoms with Gasteiger partial charge in [-0.25, -0.2) is 13.2 Å². The number of rotatable bonds is 11. The minimum absolute atomic E-state index is 0.0231. The summed E-state index contributed by atoms with van der Waals surface area (Å²) in [6, 6.07) is 2.32. The molecule has 0 spiro atoms. The van der Waals surface area contributed by atoms with Gasteiger partial charge in [0.2, 0.25) is 21.8 Å². The van der Waals surface area contributed by atoms with Crippen molar-refractivity contribution in [2.75, 3.05) is 6.54 Å². The quantitative estimate of drug-likeness (QED) is 0.277. The van der Waals surface area contributed by atoms with E-state index in [1.807, 2.05) is 4.72 Å². The number of nitrogens with zero attached hydrogens (tertiary/aromatic N) is 2. The van der Waals surface area contributed by atoms with E-state index in [1.54, 1.807) is 41.5 Å². The minimum atomic E-state index is -4.70. The molecule has 2 heterocycles. The lowest BCUT2D eigenvalue weighted by Crippen LogP contribution is -2.62. The first kappa shape index (κ1) is 40.4. The number of fused-ring (bicyclic) bond motifs is 1. The summed E-state index contributed by atoms with van der Waals surface area (Å²) in [6.45, 7) is 14.7. The summed E-state index contributed by atoms with van der Waals surface area (Å²) in [5, 5.41) is 4.54. The highest BCUT2D eigenvalue weighted by Crippen LogP contribution is 2.38. The Morgan fingerprint density at radius 3 is 2.27 bits per heavy atom. The molecule has 2 aromatic rings. The number of alkyl carbamates (subject to hydrolysis) is 1. The van der Waals surface area contributed by atoms with E-state index >= 15 is 0 Å². The number of carbonyl (C=O) groups is 4. The van der Waals surface area contributed by atoms with Crippen molar-refractivity contribution < 1.29 is 50.2 Å². The zero-order valence-electron chi connectivity index (χ0n) is 30.2. The van der Waals surface area contributed by atoms with E-state index in [9.17, 15) is 40.8 Å². The van der Waals surface area contributed by atoms with Crippen molar-refractivity contribution >= 4 is 44.7 Å². The van der Waals surface area contributed by atoms with Crippen molar-refractivity contribution in [2.45, 2.75) is 115 Å². The number of hydrogen-bond donors (Lipinski definition) is 3. The number of halogens is 3. The molecule has 1 aromatic carbocycles. The van der Waals surface area contributed by atoms with Gasteiger partial charge in [0, 0.05) is 18.0 Å². The van der Waals surface area contributed by atoms with Crippen LogP contribution in [0.5, 0.6) is 5.75 Å². The SMILES string of the molecule is C=CC[C@@](C)(NC(=O)[C@@H]1C[C@@H](Oc2ccnc3c(C(F)(F)F)cccc23)CN1C(=O)[C@@H](NC(=O)OC(C)(C)C)C(C)(C)C)C(=O)NS(=O)(=O)C1CC1. The van der Waals surface area contributed by atoms with Gasteiger partial charge < -0.3 is 25.0 Å². The number of amides is 4. The van der Waals surface area contributed by atoms with Crippen LogP contribution >= 0.6 is 0 Å². The Balaban J connectivity index is 1.70. The number of benzene rings is 1. The second-order valence-electron chi connectivity index (χ2n) is 15.4. The lowest BCUT2D eigenvalue weighted by atomic mass is 9.85. The molecule has 286 valence electrons. The number of carbonyl (C=O) groups excluding carboxylic acids is 4. The van der Waals surface area contributed by atoms with E-state index in [4.69, 9.17) is 9.47 Å². The third kappa shape index (κ3) is 9.52. The van der Waals surface area contributed by atoms with Crippen molar-refractivity contribution in [1.29, 1.82) is 0 Å². The average Bonchev–Trinajstić information content (AvgIpc) is 3.78.